The van der Waals surface area contributed by atoms with Crippen molar-refractivity contribution in [2.75, 3.05) is 30.4 Å². The van der Waals surface area contributed by atoms with E-state index in [-0.39, 0.29) is 17.9 Å². The van der Waals surface area contributed by atoms with Crippen LogP contribution in [0.25, 0.3) is 17.1 Å². The molecule has 0 spiro atoms. The van der Waals surface area contributed by atoms with E-state index in [0.29, 0.717) is 23.0 Å². The van der Waals surface area contributed by atoms with Gasteiger partial charge in [-0.2, -0.15) is 5.10 Å². The van der Waals surface area contributed by atoms with E-state index in [4.69, 9.17) is 14.5 Å². The lowest BCUT2D eigenvalue weighted by atomic mass is 9.95. The number of benzene rings is 2. The van der Waals surface area contributed by atoms with Crippen LogP contribution in [0.2, 0.25) is 0 Å². The fourth-order valence-corrected chi connectivity index (χ4v) is 4.59. The third-order valence-corrected chi connectivity index (χ3v) is 6.46. The SMILES string of the molecule is COc1cc(NC(=O)C2CCN(c3ccnc(-c4cccc(-n5cccn5)c4)n3)CC2)cc(OC(C)C)c1. The molecule has 9 heteroatoms. The van der Waals surface area contributed by atoms with Crippen molar-refractivity contribution in [1.82, 2.24) is 19.7 Å². The Morgan fingerprint density at radius 2 is 1.84 bits per heavy atom. The number of nitrogens with zero attached hydrogens (tertiary/aromatic N) is 5. The van der Waals surface area contributed by atoms with Crippen LogP contribution in [0.1, 0.15) is 26.7 Å². The second-order valence-corrected chi connectivity index (χ2v) is 9.55. The maximum absolute atomic E-state index is 13.1. The standard InChI is InChI=1S/C29H32N6O3/c1-20(2)38-26-18-23(17-25(19-26)37-3)32-29(36)21-9-14-34(15-10-21)27-8-12-30-28(33-27)22-6-4-7-24(16-22)35-13-5-11-31-35/h4-8,11-13,16-21H,9-10,14-15H2,1-3H3,(H,32,36). The summed E-state index contributed by atoms with van der Waals surface area (Å²) in [6.45, 7) is 5.40. The fraction of sp³-hybridized carbons (Fsp3) is 0.310. The van der Waals surface area contributed by atoms with Crippen molar-refractivity contribution in [1.29, 1.82) is 0 Å². The number of anilines is 2. The van der Waals surface area contributed by atoms with Gasteiger partial charge in [0.25, 0.3) is 0 Å². The van der Waals surface area contributed by atoms with Crippen molar-refractivity contribution in [2.24, 2.45) is 5.92 Å². The third-order valence-electron chi connectivity index (χ3n) is 6.46. The van der Waals surface area contributed by atoms with E-state index < -0.39 is 0 Å². The summed E-state index contributed by atoms with van der Waals surface area (Å²) in [6, 6.07) is 17.3. The number of aromatic nitrogens is 4. The van der Waals surface area contributed by atoms with Gasteiger partial charge < -0.3 is 19.7 Å². The summed E-state index contributed by atoms with van der Waals surface area (Å²) in [6.07, 6.45) is 6.94. The van der Waals surface area contributed by atoms with E-state index in [1.165, 1.54) is 0 Å². The molecule has 9 nitrogen and oxygen atoms in total. The van der Waals surface area contributed by atoms with Crippen LogP contribution < -0.4 is 19.7 Å². The van der Waals surface area contributed by atoms with Crippen molar-refractivity contribution >= 4 is 17.4 Å². The molecule has 4 aromatic rings. The van der Waals surface area contributed by atoms with E-state index in [1.54, 1.807) is 19.5 Å². The Bertz CT molecular complexity index is 1380. The topological polar surface area (TPSA) is 94.4 Å². The number of ether oxygens (including phenoxy) is 2. The maximum atomic E-state index is 13.1. The summed E-state index contributed by atoms with van der Waals surface area (Å²) < 4.78 is 13.0. The Morgan fingerprint density at radius 3 is 2.58 bits per heavy atom. The molecule has 1 aliphatic rings. The lowest BCUT2D eigenvalue weighted by Gasteiger charge is -2.32. The van der Waals surface area contributed by atoms with Crippen molar-refractivity contribution in [3.05, 3.63) is 73.2 Å². The summed E-state index contributed by atoms with van der Waals surface area (Å²) in [7, 11) is 1.60. The predicted octanol–water partition coefficient (Wildman–Crippen LogP) is 4.98. The second kappa shape index (κ2) is 11.3. The Labute approximate surface area is 222 Å². The van der Waals surface area contributed by atoms with Gasteiger partial charge in [-0.15, -0.1) is 0 Å². The van der Waals surface area contributed by atoms with Gasteiger partial charge in [0.2, 0.25) is 5.91 Å². The summed E-state index contributed by atoms with van der Waals surface area (Å²) in [5, 5.41) is 7.36. The average Bonchev–Trinajstić information content (AvgIpc) is 3.48. The minimum absolute atomic E-state index is 0.00668. The molecule has 0 radical (unpaired) electrons. The molecule has 0 bridgehead atoms. The zero-order valence-corrected chi connectivity index (χ0v) is 21.9. The molecule has 38 heavy (non-hydrogen) atoms. The normalized spacial score (nSPS) is 13.9. The molecule has 196 valence electrons. The van der Waals surface area contributed by atoms with Crippen molar-refractivity contribution in [3.63, 3.8) is 0 Å². The van der Waals surface area contributed by atoms with Gasteiger partial charge in [0.15, 0.2) is 5.82 Å². The molecule has 1 amide bonds. The molecule has 0 unspecified atom stereocenters. The van der Waals surface area contributed by atoms with E-state index in [0.717, 1.165) is 43.0 Å². The number of hydrogen-bond acceptors (Lipinski definition) is 7. The van der Waals surface area contributed by atoms with Gasteiger partial charge in [0.05, 0.1) is 18.9 Å². The number of piperidine rings is 1. The monoisotopic (exact) mass is 512 g/mol. The van der Waals surface area contributed by atoms with E-state index >= 15 is 0 Å². The van der Waals surface area contributed by atoms with E-state index in [9.17, 15) is 4.79 Å². The molecule has 0 saturated carbocycles. The fourth-order valence-electron chi connectivity index (χ4n) is 4.59. The Kier molecular flexibility index (Phi) is 7.53. The first-order valence-electron chi connectivity index (χ1n) is 12.8. The van der Waals surface area contributed by atoms with Crippen molar-refractivity contribution in [3.8, 4) is 28.6 Å². The Balaban J connectivity index is 1.23. The number of rotatable bonds is 8. The highest BCUT2D eigenvalue weighted by Gasteiger charge is 2.26. The largest absolute Gasteiger partial charge is 0.497 e. The number of methoxy groups -OCH3 is 1. The highest BCUT2D eigenvalue weighted by Crippen LogP contribution is 2.29. The molecular formula is C29H32N6O3. The molecular weight excluding hydrogens is 480 g/mol. The van der Waals surface area contributed by atoms with Crippen LogP contribution in [0.3, 0.4) is 0 Å². The number of carbonyl (C=O) groups is 1. The molecule has 5 rings (SSSR count). The van der Waals surface area contributed by atoms with Crippen LogP contribution >= 0.6 is 0 Å². The van der Waals surface area contributed by atoms with Gasteiger partial charge in [-0.05, 0) is 51.0 Å². The average molecular weight is 513 g/mol. The van der Waals surface area contributed by atoms with E-state index in [1.807, 2.05) is 79.3 Å². The molecule has 2 aromatic carbocycles. The first kappa shape index (κ1) is 25.3. The van der Waals surface area contributed by atoms with Crippen LogP contribution in [-0.2, 0) is 4.79 Å². The van der Waals surface area contributed by atoms with Gasteiger partial charge >= 0.3 is 0 Å². The van der Waals surface area contributed by atoms with Crippen molar-refractivity contribution in [2.45, 2.75) is 32.8 Å². The number of hydrogen-bond donors (Lipinski definition) is 1. The molecule has 2 aromatic heterocycles. The van der Waals surface area contributed by atoms with Gasteiger partial charge in [-0.1, -0.05) is 12.1 Å². The number of nitrogens with one attached hydrogen (secondary N) is 1. The summed E-state index contributed by atoms with van der Waals surface area (Å²) in [5.74, 6) is 2.75. The van der Waals surface area contributed by atoms with Gasteiger partial charge in [-0.25, -0.2) is 14.6 Å². The highest BCUT2D eigenvalue weighted by molar-refractivity contribution is 5.93. The molecule has 1 N–H and O–H groups in total. The minimum atomic E-state index is -0.0843. The number of amides is 1. The predicted molar refractivity (Wildman–Crippen MR) is 147 cm³/mol. The number of carbonyl (C=O) groups excluding carboxylic acids is 1. The lowest BCUT2D eigenvalue weighted by Crippen LogP contribution is -2.38. The van der Waals surface area contributed by atoms with Crippen LogP contribution in [0.4, 0.5) is 11.5 Å². The third kappa shape index (κ3) is 5.94. The first-order chi connectivity index (χ1) is 18.5. The van der Waals surface area contributed by atoms with Crippen LogP contribution in [0.15, 0.2) is 73.2 Å². The quantitative estimate of drug-likeness (QED) is 0.356. The first-order valence-corrected chi connectivity index (χ1v) is 12.8. The smallest absolute Gasteiger partial charge is 0.227 e. The Morgan fingerprint density at radius 1 is 1.03 bits per heavy atom. The second-order valence-electron chi connectivity index (χ2n) is 9.55. The maximum Gasteiger partial charge on any atom is 0.227 e. The minimum Gasteiger partial charge on any atom is -0.497 e. The molecule has 0 aliphatic carbocycles. The zero-order chi connectivity index (χ0) is 26.5. The highest BCUT2D eigenvalue weighted by atomic mass is 16.5. The molecule has 1 saturated heterocycles. The van der Waals surface area contributed by atoms with Crippen molar-refractivity contribution < 1.29 is 14.3 Å². The molecule has 1 aliphatic heterocycles. The molecule has 3 heterocycles. The summed E-state index contributed by atoms with van der Waals surface area (Å²) in [5.41, 5.74) is 2.55. The van der Waals surface area contributed by atoms with Crippen LogP contribution in [0, 0.1) is 5.92 Å². The summed E-state index contributed by atoms with van der Waals surface area (Å²) in [4.78, 5) is 24.6. The Hall–Kier alpha value is -4.40. The molecule has 0 atom stereocenters. The van der Waals surface area contributed by atoms with Crippen LogP contribution in [0.5, 0.6) is 11.5 Å². The zero-order valence-electron chi connectivity index (χ0n) is 21.9. The van der Waals surface area contributed by atoms with Gasteiger partial charge in [0, 0.05) is 67.0 Å². The van der Waals surface area contributed by atoms with Crippen LogP contribution in [-0.4, -0.2) is 52.0 Å². The summed E-state index contributed by atoms with van der Waals surface area (Å²) >= 11 is 0. The molecule has 1 fully saturated rings. The lowest BCUT2D eigenvalue weighted by molar-refractivity contribution is -0.120. The van der Waals surface area contributed by atoms with E-state index in [2.05, 4.69) is 20.3 Å². The van der Waals surface area contributed by atoms with Gasteiger partial charge in [0.1, 0.15) is 17.3 Å². The van der Waals surface area contributed by atoms with Gasteiger partial charge in [-0.3, -0.25) is 4.79 Å².